The Morgan fingerprint density at radius 3 is 2.32 bits per heavy atom. The molecule has 0 aromatic rings. The summed E-state index contributed by atoms with van der Waals surface area (Å²) in [6, 6.07) is -2.38. The van der Waals surface area contributed by atoms with Crippen molar-refractivity contribution in [2.24, 2.45) is 5.92 Å². The second-order valence-electron chi connectivity index (χ2n) is 6.40. The number of nitrogens with zero attached hydrogens (tertiary/aromatic N) is 1. The van der Waals surface area contributed by atoms with E-state index in [9.17, 15) is 19.5 Å². The summed E-state index contributed by atoms with van der Waals surface area (Å²) in [5.41, 5.74) is 0. The molecule has 7 heteroatoms. The highest BCUT2D eigenvalue weighted by Crippen LogP contribution is 2.40. The molecule has 0 aromatic heterocycles. The maximum atomic E-state index is 12.7. The van der Waals surface area contributed by atoms with Gasteiger partial charge in [0.25, 0.3) is 0 Å². The highest BCUT2D eigenvalue weighted by Gasteiger charge is 2.48. The van der Waals surface area contributed by atoms with E-state index in [0.717, 1.165) is 25.7 Å². The summed E-state index contributed by atoms with van der Waals surface area (Å²) in [5, 5.41) is 21.1. The molecule has 1 saturated carbocycles. The van der Waals surface area contributed by atoms with Gasteiger partial charge in [-0.1, -0.05) is 12.8 Å². The van der Waals surface area contributed by atoms with Crippen molar-refractivity contribution >= 4 is 17.8 Å². The van der Waals surface area contributed by atoms with Crippen molar-refractivity contribution in [2.75, 3.05) is 0 Å². The lowest BCUT2D eigenvalue weighted by atomic mass is 9.84. The van der Waals surface area contributed by atoms with Gasteiger partial charge in [-0.05, 0) is 39.0 Å². The van der Waals surface area contributed by atoms with Gasteiger partial charge in [0.15, 0.2) is 0 Å². The van der Waals surface area contributed by atoms with E-state index < -0.39 is 30.1 Å². The number of amides is 1. The lowest BCUT2D eigenvalue weighted by Gasteiger charge is -2.35. The Morgan fingerprint density at radius 1 is 1.09 bits per heavy atom. The van der Waals surface area contributed by atoms with Gasteiger partial charge < -0.3 is 15.1 Å². The highest BCUT2D eigenvalue weighted by atomic mass is 16.4. The molecule has 2 aliphatic rings. The molecule has 0 spiro atoms. The zero-order valence-corrected chi connectivity index (χ0v) is 13.0. The van der Waals surface area contributed by atoms with Crippen LogP contribution in [-0.4, -0.2) is 57.1 Å². The molecule has 124 valence electrons. The highest BCUT2D eigenvalue weighted by molar-refractivity contribution is 5.88. The van der Waals surface area contributed by atoms with E-state index in [-0.39, 0.29) is 17.9 Å². The minimum absolute atomic E-state index is 0.0215. The summed E-state index contributed by atoms with van der Waals surface area (Å²) in [6.45, 7) is 3.06. The fourth-order valence-electron chi connectivity index (χ4n) is 3.74. The van der Waals surface area contributed by atoms with Crippen LogP contribution in [-0.2, 0) is 14.4 Å². The fourth-order valence-corrected chi connectivity index (χ4v) is 3.74. The molecule has 1 aliphatic heterocycles. The summed E-state index contributed by atoms with van der Waals surface area (Å²) in [5.74, 6) is -2.06. The molecule has 7 nitrogen and oxygen atoms in total. The van der Waals surface area contributed by atoms with Crippen LogP contribution in [0.15, 0.2) is 0 Å². The number of rotatable bonds is 5. The molecule has 22 heavy (non-hydrogen) atoms. The van der Waals surface area contributed by atoms with E-state index in [2.05, 4.69) is 5.32 Å². The maximum Gasteiger partial charge on any atom is 0.326 e. The van der Waals surface area contributed by atoms with Crippen molar-refractivity contribution in [2.45, 2.75) is 70.1 Å². The normalized spacial score (nSPS) is 30.5. The molecule has 1 heterocycles. The molecule has 0 radical (unpaired) electrons. The minimum Gasteiger partial charge on any atom is -0.480 e. The quantitative estimate of drug-likeness (QED) is 0.689. The first-order valence-corrected chi connectivity index (χ1v) is 7.86. The number of carbonyl (C=O) groups excluding carboxylic acids is 1. The molecule has 1 amide bonds. The average molecular weight is 312 g/mol. The summed E-state index contributed by atoms with van der Waals surface area (Å²) in [7, 11) is 0. The fraction of sp³-hybridized carbons (Fsp3) is 0.800. The Morgan fingerprint density at radius 2 is 1.73 bits per heavy atom. The summed E-state index contributed by atoms with van der Waals surface area (Å²) >= 11 is 0. The van der Waals surface area contributed by atoms with E-state index in [0.29, 0.717) is 6.42 Å². The van der Waals surface area contributed by atoms with Crippen molar-refractivity contribution in [3.63, 3.8) is 0 Å². The van der Waals surface area contributed by atoms with Gasteiger partial charge in [0.05, 0.1) is 6.04 Å². The van der Waals surface area contributed by atoms with E-state index in [1.165, 1.54) is 11.8 Å². The molecule has 5 atom stereocenters. The SMILES string of the molecule is CC(N[C@@H](C)C(=O)N1C2CCCCC2C[C@H]1C(=O)O)C(=O)O. The summed E-state index contributed by atoms with van der Waals surface area (Å²) < 4.78 is 0. The van der Waals surface area contributed by atoms with Gasteiger partial charge in [-0.15, -0.1) is 0 Å². The van der Waals surface area contributed by atoms with E-state index in [1.807, 2.05) is 0 Å². The smallest absolute Gasteiger partial charge is 0.326 e. The summed E-state index contributed by atoms with van der Waals surface area (Å²) in [6.07, 6.45) is 4.39. The minimum atomic E-state index is -1.04. The van der Waals surface area contributed by atoms with Gasteiger partial charge in [-0.3, -0.25) is 14.9 Å². The number of fused-ring (bicyclic) bond motifs is 1. The number of nitrogens with one attached hydrogen (secondary N) is 1. The molecule has 1 saturated heterocycles. The number of carboxylic acid groups (broad SMARTS) is 2. The van der Waals surface area contributed by atoms with E-state index in [4.69, 9.17) is 5.11 Å². The molecular weight excluding hydrogens is 288 g/mol. The third-order valence-corrected chi connectivity index (χ3v) is 4.87. The Hall–Kier alpha value is -1.63. The Balaban J connectivity index is 2.13. The lowest BCUT2D eigenvalue weighted by molar-refractivity contribution is -0.151. The maximum absolute atomic E-state index is 12.7. The van der Waals surface area contributed by atoms with Crippen LogP contribution >= 0.6 is 0 Å². The van der Waals surface area contributed by atoms with Gasteiger partial charge >= 0.3 is 11.9 Å². The Bertz CT molecular complexity index is 467. The molecule has 3 N–H and O–H groups in total. The van der Waals surface area contributed by atoms with Gasteiger partial charge in [0.2, 0.25) is 5.91 Å². The van der Waals surface area contributed by atoms with Crippen molar-refractivity contribution in [3.05, 3.63) is 0 Å². The van der Waals surface area contributed by atoms with Crippen molar-refractivity contribution < 1.29 is 24.6 Å². The largest absolute Gasteiger partial charge is 0.480 e. The van der Waals surface area contributed by atoms with Gasteiger partial charge in [0.1, 0.15) is 12.1 Å². The predicted octanol–water partition coefficient (Wildman–Crippen LogP) is 0.682. The zero-order valence-electron chi connectivity index (χ0n) is 13.0. The van der Waals surface area contributed by atoms with Crippen LogP contribution in [0.4, 0.5) is 0 Å². The third-order valence-electron chi connectivity index (χ3n) is 4.87. The van der Waals surface area contributed by atoms with Crippen LogP contribution < -0.4 is 5.32 Å². The van der Waals surface area contributed by atoms with Crippen LogP contribution in [0.2, 0.25) is 0 Å². The molecule has 3 unspecified atom stereocenters. The van der Waals surface area contributed by atoms with Crippen molar-refractivity contribution in [1.82, 2.24) is 10.2 Å². The Labute approximate surface area is 129 Å². The molecule has 0 aromatic carbocycles. The molecule has 2 rings (SSSR count). The Kier molecular flexibility index (Phi) is 5.05. The van der Waals surface area contributed by atoms with Crippen LogP contribution in [0.3, 0.4) is 0 Å². The van der Waals surface area contributed by atoms with Crippen LogP contribution in [0.25, 0.3) is 0 Å². The number of hydrogen-bond donors (Lipinski definition) is 3. The molecular formula is C15H24N2O5. The number of likely N-dealkylation sites (tertiary alicyclic amines) is 1. The van der Waals surface area contributed by atoms with E-state index in [1.54, 1.807) is 6.92 Å². The lowest BCUT2D eigenvalue weighted by Crippen LogP contribution is -2.55. The standard InChI is InChI=1S/C15H24N2O5/c1-8(16-9(2)14(19)20)13(18)17-11-6-4-3-5-10(11)7-12(17)15(21)22/h8-12,16H,3-7H2,1-2H3,(H,19,20)(H,21,22)/t8-,9?,10?,11?,12-/m0/s1. The number of hydrogen-bond acceptors (Lipinski definition) is 4. The second-order valence-corrected chi connectivity index (χ2v) is 6.40. The first-order valence-electron chi connectivity index (χ1n) is 7.86. The number of aliphatic carboxylic acids is 2. The average Bonchev–Trinajstić information content (AvgIpc) is 2.85. The van der Waals surface area contributed by atoms with Crippen LogP contribution in [0.5, 0.6) is 0 Å². The monoisotopic (exact) mass is 312 g/mol. The van der Waals surface area contributed by atoms with Gasteiger partial charge in [0, 0.05) is 6.04 Å². The van der Waals surface area contributed by atoms with Gasteiger partial charge in [-0.2, -0.15) is 0 Å². The van der Waals surface area contributed by atoms with Crippen molar-refractivity contribution in [1.29, 1.82) is 0 Å². The number of carbonyl (C=O) groups is 3. The third kappa shape index (κ3) is 3.24. The first kappa shape index (κ1) is 16.7. The first-order chi connectivity index (χ1) is 10.3. The summed E-state index contributed by atoms with van der Waals surface area (Å²) in [4.78, 5) is 36.6. The van der Waals surface area contributed by atoms with Crippen molar-refractivity contribution in [3.8, 4) is 0 Å². The molecule has 1 aliphatic carbocycles. The zero-order chi connectivity index (χ0) is 16.4. The predicted molar refractivity (Wildman–Crippen MR) is 78.3 cm³/mol. The van der Waals surface area contributed by atoms with Crippen LogP contribution in [0, 0.1) is 5.92 Å². The topological polar surface area (TPSA) is 107 Å². The second kappa shape index (κ2) is 6.64. The van der Waals surface area contributed by atoms with Crippen LogP contribution in [0.1, 0.15) is 46.0 Å². The van der Waals surface area contributed by atoms with E-state index >= 15 is 0 Å². The molecule has 2 fully saturated rings. The van der Waals surface area contributed by atoms with Gasteiger partial charge in [-0.25, -0.2) is 4.79 Å². The molecule has 0 bridgehead atoms. The number of carboxylic acids is 2.